The molecule has 1 saturated heterocycles. The molecule has 8 heteroatoms. The Bertz CT molecular complexity index is 1220. The number of carbonyl (C=O) groups excluding carboxylic acids is 1. The Morgan fingerprint density at radius 3 is 2.71 bits per heavy atom. The molecule has 1 amide bonds. The topological polar surface area (TPSA) is 79.4 Å². The first kappa shape index (κ1) is 21.0. The number of carbonyl (C=O) groups is 1. The molecule has 0 radical (unpaired) electrons. The van der Waals surface area contributed by atoms with Gasteiger partial charge in [-0.3, -0.25) is 14.5 Å². The number of aryl methyl sites for hydroxylation is 1. The second-order valence-corrected chi connectivity index (χ2v) is 9.19. The zero-order chi connectivity index (χ0) is 22.0. The van der Waals surface area contributed by atoms with Crippen molar-refractivity contribution in [2.24, 2.45) is 0 Å². The molecule has 0 aliphatic carbocycles. The Hall–Kier alpha value is -3.26. The number of halogens is 1. The predicted molar refractivity (Wildman–Crippen MR) is 116 cm³/mol. The summed E-state index contributed by atoms with van der Waals surface area (Å²) in [4.78, 5) is 19.1. The lowest BCUT2D eigenvalue weighted by atomic mass is 10.1. The summed E-state index contributed by atoms with van der Waals surface area (Å²) in [5.74, 6) is -0.781. The van der Waals surface area contributed by atoms with Gasteiger partial charge in [0.05, 0.1) is 16.6 Å². The quantitative estimate of drug-likeness (QED) is 0.643. The minimum absolute atomic E-state index is 0.107. The summed E-state index contributed by atoms with van der Waals surface area (Å²) in [6, 6.07) is 15.6. The number of rotatable bonds is 5. The molecule has 160 valence electrons. The van der Waals surface area contributed by atoms with Crippen molar-refractivity contribution in [3.8, 4) is 0 Å². The van der Waals surface area contributed by atoms with Crippen molar-refractivity contribution in [2.45, 2.75) is 30.7 Å². The first-order valence-electron chi connectivity index (χ1n) is 9.96. The van der Waals surface area contributed by atoms with Gasteiger partial charge in [-0.15, -0.1) is 0 Å². The fourth-order valence-corrected chi connectivity index (χ4v) is 4.79. The van der Waals surface area contributed by atoms with Crippen molar-refractivity contribution in [2.75, 3.05) is 11.3 Å². The van der Waals surface area contributed by atoms with E-state index in [-0.39, 0.29) is 22.5 Å². The Labute approximate surface area is 180 Å². The summed E-state index contributed by atoms with van der Waals surface area (Å²) in [5.41, 5.74) is 1.81. The van der Waals surface area contributed by atoms with E-state index in [1.165, 1.54) is 18.2 Å². The Morgan fingerprint density at radius 2 is 1.97 bits per heavy atom. The van der Waals surface area contributed by atoms with Crippen LogP contribution in [0.4, 0.5) is 10.1 Å². The summed E-state index contributed by atoms with van der Waals surface area (Å²) in [5, 5.41) is 0. The molecule has 1 fully saturated rings. The number of nitrogens with one attached hydrogen (secondary N) is 1. The number of sulfonamides is 1. The van der Waals surface area contributed by atoms with Gasteiger partial charge in [0.25, 0.3) is 15.9 Å². The predicted octanol–water partition coefficient (Wildman–Crippen LogP) is 4.31. The van der Waals surface area contributed by atoms with E-state index in [9.17, 15) is 17.6 Å². The van der Waals surface area contributed by atoms with Crippen LogP contribution in [0, 0.1) is 12.7 Å². The van der Waals surface area contributed by atoms with Crippen LogP contribution in [-0.2, 0) is 10.0 Å². The third-order valence-electron chi connectivity index (χ3n) is 5.36. The number of hydrogen-bond donors (Lipinski definition) is 1. The van der Waals surface area contributed by atoms with E-state index in [2.05, 4.69) is 9.71 Å². The van der Waals surface area contributed by atoms with Crippen LogP contribution in [0.5, 0.6) is 0 Å². The standard InChI is InChI=1S/C23H22FN3O3S/c1-16-10-11-19(15-20(16)24)31(29,30)26-18-7-4-6-17(14-18)23(28)27-13-5-9-22(27)21-8-2-3-12-25-21/h2-4,6-8,10-12,14-15,22,26H,5,9,13H2,1H3. The van der Waals surface area contributed by atoms with Crippen LogP contribution in [0.25, 0.3) is 0 Å². The molecule has 1 aliphatic heterocycles. The molecule has 0 saturated carbocycles. The normalized spacial score (nSPS) is 16.3. The number of amides is 1. The average Bonchev–Trinajstić information content (AvgIpc) is 3.25. The van der Waals surface area contributed by atoms with Gasteiger partial charge >= 0.3 is 0 Å². The van der Waals surface area contributed by atoms with Crippen molar-refractivity contribution in [1.29, 1.82) is 0 Å². The highest BCUT2D eigenvalue weighted by atomic mass is 32.2. The number of anilines is 1. The van der Waals surface area contributed by atoms with E-state index in [4.69, 9.17) is 0 Å². The lowest BCUT2D eigenvalue weighted by Gasteiger charge is -2.24. The van der Waals surface area contributed by atoms with Gasteiger partial charge in [-0.25, -0.2) is 12.8 Å². The summed E-state index contributed by atoms with van der Waals surface area (Å²) >= 11 is 0. The Morgan fingerprint density at radius 1 is 1.13 bits per heavy atom. The number of nitrogens with zero attached hydrogens (tertiary/aromatic N) is 2. The van der Waals surface area contributed by atoms with Crippen molar-refractivity contribution in [3.05, 3.63) is 89.5 Å². The molecule has 31 heavy (non-hydrogen) atoms. The molecule has 2 aromatic carbocycles. The fourth-order valence-electron chi connectivity index (χ4n) is 3.73. The SMILES string of the molecule is Cc1ccc(S(=O)(=O)Nc2cccc(C(=O)N3CCCC3c3ccccn3)c2)cc1F. The first-order chi connectivity index (χ1) is 14.8. The lowest BCUT2D eigenvalue weighted by Crippen LogP contribution is -2.31. The van der Waals surface area contributed by atoms with Crippen LogP contribution < -0.4 is 4.72 Å². The molecule has 3 aromatic rings. The summed E-state index contributed by atoms with van der Waals surface area (Å²) in [7, 11) is -3.99. The lowest BCUT2D eigenvalue weighted by molar-refractivity contribution is 0.0733. The van der Waals surface area contributed by atoms with Crippen LogP contribution >= 0.6 is 0 Å². The molecule has 0 bridgehead atoms. The minimum atomic E-state index is -3.99. The maximum atomic E-state index is 13.8. The van der Waals surface area contributed by atoms with Gasteiger partial charge in [-0.05, 0) is 67.8 Å². The molecule has 0 spiro atoms. The maximum Gasteiger partial charge on any atom is 0.261 e. The van der Waals surface area contributed by atoms with Gasteiger partial charge in [0.15, 0.2) is 0 Å². The van der Waals surface area contributed by atoms with E-state index in [0.717, 1.165) is 24.6 Å². The van der Waals surface area contributed by atoms with Crippen LogP contribution in [0.1, 0.15) is 40.5 Å². The number of hydrogen-bond acceptors (Lipinski definition) is 4. The van der Waals surface area contributed by atoms with Crippen molar-refractivity contribution >= 4 is 21.6 Å². The minimum Gasteiger partial charge on any atom is -0.330 e. The zero-order valence-electron chi connectivity index (χ0n) is 17.0. The molecule has 2 heterocycles. The van der Waals surface area contributed by atoms with Gasteiger partial charge in [0.2, 0.25) is 0 Å². The van der Waals surface area contributed by atoms with E-state index in [0.29, 0.717) is 17.7 Å². The highest BCUT2D eigenvalue weighted by Gasteiger charge is 2.31. The van der Waals surface area contributed by atoms with Gasteiger partial charge in [0, 0.05) is 24.0 Å². The second kappa shape index (κ2) is 8.47. The summed E-state index contributed by atoms with van der Waals surface area (Å²) in [6.45, 7) is 2.17. The molecule has 1 aromatic heterocycles. The highest BCUT2D eigenvalue weighted by molar-refractivity contribution is 7.92. The average molecular weight is 440 g/mol. The first-order valence-corrected chi connectivity index (χ1v) is 11.4. The van der Waals surface area contributed by atoms with Crippen LogP contribution in [0.2, 0.25) is 0 Å². The molecule has 4 rings (SSSR count). The van der Waals surface area contributed by atoms with Gasteiger partial charge in [-0.1, -0.05) is 18.2 Å². The monoisotopic (exact) mass is 439 g/mol. The van der Waals surface area contributed by atoms with Crippen molar-refractivity contribution in [1.82, 2.24) is 9.88 Å². The van der Waals surface area contributed by atoms with Crippen molar-refractivity contribution < 1.29 is 17.6 Å². The smallest absolute Gasteiger partial charge is 0.261 e. The Balaban J connectivity index is 1.56. The van der Waals surface area contributed by atoms with E-state index in [1.54, 1.807) is 36.2 Å². The fraction of sp³-hybridized carbons (Fsp3) is 0.217. The third kappa shape index (κ3) is 4.44. The van der Waals surface area contributed by atoms with Crippen molar-refractivity contribution in [3.63, 3.8) is 0 Å². The molecular weight excluding hydrogens is 417 g/mol. The number of aromatic nitrogens is 1. The Kier molecular flexibility index (Phi) is 5.73. The van der Waals surface area contributed by atoms with Gasteiger partial charge < -0.3 is 4.90 Å². The van der Waals surface area contributed by atoms with E-state index >= 15 is 0 Å². The molecule has 1 N–H and O–H groups in total. The van der Waals surface area contributed by atoms with Crippen LogP contribution in [0.15, 0.2) is 71.8 Å². The largest absolute Gasteiger partial charge is 0.330 e. The van der Waals surface area contributed by atoms with Gasteiger partial charge in [-0.2, -0.15) is 0 Å². The van der Waals surface area contributed by atoms with Crippen LogP contribution in [0.3, 0.4) is 0 Å². The van der Waals surface area contributed by atoms with Gasteiger partial charge in [0.1, 0.15) is 5.82 Å². The second-order valence-electron chi connectivity index (χ2n) is 7.51. The molecule has 1 aliphatic rings. The molecule has 6 nitrogen and oxygen atoms in total. The summed E-state index contributed by atoms with van der Waals surface area (Å²) in [6.07, 6.45) is 3.41. The maximum absolute atomic E-state index is 13.8. The van der Waals surface area contributed by atoms with E-state index < -0.39 is 15.8 Å². The zero-order valence-corrected chi connectivity index (χ0v) is 17.8. The third-order valence-corrected chi connectivity index (χ3v) is 6.74. The molecular formula is C23H22FN3O3S. The summed E-state index contributed by atoms with van der Waals surface area (Å²) < 4.78 is 41.6. The number of benzene rings is 2. The molecule has 1 unspecified atom stereocenters. The van der Waals surface area contributed by atoms with Crippen LogP contribution in [-0.4, -0.2) is 30.8 Å². The number of likely N-dealkylation sites (tertiary alicyclic amines) is 1. The highest BCUT2D eigenvalue weighted by Crippen LogP contribution is 2.32. The molecule has 1 atom stereocenters. The van der Waals surface area contributed by atoms with E-state index in [1.807, 2.05) is 18.2 Å². The number of pyridine rings is 1.